The van der Waals surface area contributed by atoms with Crippen molar-refractivity contribution in [3.63, 3.8) is 0 Å². The number of nitrogens with one attached hydrogen (secondary N) is 1. The molecule has 1 aliphatic heterocycles. The molecule has 1 aromatic heterocycles. The third-order valence-electron chi connectivity index (χ3n) is 8.49. The number of carbonyl (C=O) groups excluding carboxylic acids is 1. The predicted octanol–water partition coefficient (Wildman–Crippen LogP) is 4.27. The Morgan fingerprint density at radius 1 is 1.29 bits per heavy atom. The molecule has 184 valence electrons. The number of piperidine rings is 1. The number of rotatable bonds is 6. The molecule has 0 bridgehead atoms. The van der Waals surface area contributed by atoms with Gasteiger partial charge in [-0.1, -0.05) is 26.3 Å². The summed E-state index contributed by atoms with van der Waals surface area (Å²) in [5, 5.41) is 0. The first-order valence-corrected chi connectivity index (χ1v) is 12.5. The molecule has 1 aromatic carbocycles. The minimum Gasteiger partial charge on any atom is -0.497 e. The van der Waals surface area contributed by atoms with Crippen molar-refractivity contribution in [3.8, 4) is 5.75 Å². The zero-order valence-electron chi connectivity index (χ0n) is 21.4. The number of esters is 1. The van der Waals surface area contributed by atoms with Gasteiger partial charge in [0.2, 0.25) is 0 Å². The molecule has 0 amide bonds. The first-order chi connectivity index (χ1) is 16.2. The Bertz CT molecular complexity index is 1120. The van der Waals surface area contributed by atoms with E-state index in [0.717, 1.165) is 49.4 Å². The molecule has 6 heteroatoms. The SMILES string of the molecule is CCC(C)CN1CCC2(c3cc(OC)ccc3C)Cc3[nH]c(=O)c(C(=O)OC)cc3CC2C1C. The Hall–Kier alpha value is -2.60. The van der Waals surface area contributed by atoms with Gasteiger partial charge in [-0.15, -0.1) is 0 Å². The highest BCUT2D eigenvalue weighted by Crippen LogP contribution is 2.51. The topological polar surface area (TPSA) is 71.6 Å². The van der Waals surface area contributed by atoms with Gasteiger partial charge >= 0.3 is 5.97 Å². The number of aryl methyl sites for hydroxylation is 1. The van der Waals surface area contributed by atoms with E-state index in [0.29, 0.717) is 17.9 Å². The van der Waals surface area contributed by atoms with Crippen LogP contribution in [0.4, 0.5) is 0 Å². The van der Waals surface area contributed by atoms with Gasteiger partial charge in [-0.25, -0.2) is 4.79 Å². The van der Waals surface area contributed by atoms with Crippen LogP contribution in [0.3, 0.4) is 0 Å². The number of carbonyl (C=O) groups is 1. The fourth-order valence-corrected chi connectivity index (χ4v) is 6.28. The predicted molar refractivity (Wildman–Crippen MR) is 134 cm³/mol. The summed E-state index contributed by atoms with van der Waals surface area (Å²) < 4.78 is 10.5. The van der Waals surface area contributed by atoms with Crippen LogP contribution in [0.5, 0.6) is 5.75 Å². The van der Waals surface area contributed by atoms with Crippen molar-refractivity contribution in [1.29, 1.82) is 0 Å². The first kappa shape index (κ1) is 24.5. The number of nitrogens with zero attached hydrogens (tertiary/aromatic N) is 1. The lowest BCUT2D eigenvalue weighted by Gasteiger charge is -2.55. The van der Waals surface area contributed by atoms with Crippen LogP contribution in [-0.2, 0) is 23.0 Å². The molecule has 6 nitrogen and oxygen atoms in total. The van der Waals surface area contributed by atoms with Gasteiger partial charge in [-0.3, -0.25) is 4.79 Å². The molecule has 1 N–H and O–H groups in total. The Kier molecular flexibility index (Phi) is 6.90. The van der Waals surface area contributed by atoms with E-state index >= 15 is 0 Å². The number of hydrogen-bond acceptors (Lipinski definition) is 5. The lowest BCUT2D eigenvalue weighted by Crippen LogP contribution is -2.59. The number of aromatic nitrogens is 1. The lowest BCUT2D eigenvalue weighted by atomic mass is 9.55. The number of benzene rings is 1. The molecule has 0 saturated carbocycles. The van der Waals surface area contributed by atoms with E-state index in [1.165, 1.54) is 24.7 Å². The highest BCUT2D eigenvalue weighted by atomic mass is 16.5. The van der Waals surface area contributed by atoms with Gasteiger partial charge in [0, 0.05) is 23.7 Å². The van der Waals surface area contributed by atoms with Gasteiger partial charge in [0.15, 0.2) is 0 Å². The van der Waals surface area contributed by atoms with Crippen molar-refractivity contribution >= 4 is 5.97 Å². The fourth-order valence-electron chi connectivity index (χ4n) is 6.28. The van der Waals surface area contributed by atoms with Crippen molar-refractivity contribution in [2.24, 2.45) is 11.8 Å². The summed E-state index contributed by atoms with van der Waals surface area (Å²) in [5.41, 5.74) is 4.18. The van der Waals surface area contributed by atoms with Gasteiger partial charge in [0.05, 0.1) is 14.2 Å². The second-order valence-corrected chi connectivity index (χ2v) is 10.3. The van der Waals surface area contributed by atoms with E-state index in [1.807, 2.05) is 6.07 Å². The Morgan fingerprint density at radius 3 is 2.74 bits per heavy atom. The highest BCUT2D eigenvalue weighted by molar-refractivity contribution is 5.89. The second-order valence-electron chi connectivity index (χ2n) is 10.3. The lowest BCUT2D eigenvalue weighted by molar-refractivity contribution is 0.0190. The molecule has 1 fully saturated rings. The third-order valence-corrected chi connectivity index (χ3v) is 8.49. The number of methoxy groups -OCH3 is 2. The molecule has 1 aliphatic carbocycles. The van der Waals surface area contributed by atoms with Crippen molar-refractivity contribution in [2.45, 2.75) is 64.8 Å². The number of likely N-dealkylation sites (tertiary alicyclic amines) is 1. The Morgan fingerprint density at radius 2 is 2.06 bits per heavy atom. The number of pyridine rings is 1. The molecule has 34 heavy (non-hydrogen) atoms. The van der Waals surface area contributed by atoms with Crippen molar-refractivity contribution in [3.05, 3.63) is 62.6 Å². The Balaban J connectivity index is 1.85. The van der Waals surface area contributed by atoms with Crippen LogP contribution in [0.2, 0.25) is 0 Å². The zero-order chi connectivity index (χ0) is 24.6. The largest absolute Gasteiger partial charge is 0.497 e. The van der Waals surface area contributed by atoms with Crippen molar-refractivity contribution < 1.29 is 14.3 Å². The van der Waals surface area contributed by atoms with E-state index in [4.69, 9.17) is 9.47 Å². The standard InChI is InChI=1S/C28H38N2O4/c1-7-17(2)16-30-11-10-28(23-14-21(33-5)9-8-18(23)3)15-25-20(13-24(28)19(30)4)12-22(26(31)29-25)27(32)34-6/h8-9,12,14,17,19,24H,7,10-11,13,15-16H2,1-6H3,(H,29,31). The summed E-state index contributed by atoms with van der Waals surface area (Å²) in [4.78, 5) is 30.7. The maximum atomic E-state index is 12.7. The zero-order valence-corrected chi connectivity index (χ0v) is 21.4. The number of fused-ring (bicyclic) bond motifs is 2. The molecule has 2 aliphatic rings. The third kappa shape index (κ3) is 4.17. The van der Waals surface area contributed by atoms with Crippen LogP contribution in [0.25, 0.3) is 0 Å². The van der Waals surface area contributed by atoms with Crippen LogP contribution in [0.1, 0.15) is 66.4 Å². The normalized spacial score (nSPS) is 25.2. The number of ether oxygens (including phenoxy) is 2. The van der Waals surface area contributed by atoms with Crippen LogP contribution in [-0.4, -0.2) is 49.2 Å². The Labute approximate surface area is 202 Å². The fraction of sp³-hybridized carbons (Fsp3) is 0.571. The van der Waals surface area contributed by atoms with Gasteiger partial charge < -0.3 is 19.4 Å². The van der Waals surface area contributed by atoms with Gasteiger partial charge in [0.25, 0.3) is 5.56 Å². The maximum Gasteiger partial charge on any atom is 0.343 e. The summed E-state index contributed by atoms with van der Waals surface area (Å²) in [6.45, 7) is 11.2. The van der Waals surface area contributed by atoms with Gasteiger partial charge in [-0.05, 0) is 86.4 Å². The maximum absolute atomic E-state index is 12.7. The quantitative estimate of drug-likeness (QED) is 0.644. The summed E-state index contributed by atoms with van der Waals surface area (Å²) in [6, 6.07) is 8.51. The molecule has 0 spiro atoms. The van der Waals surface area contributed by atoms with Crippen LogP contribution < -0.4 is 10.3 Å². The number of hydrogen-bond donors (Lipinski definition) is 1. The van der Waals surface area contributed by atoms with Gasteiger partial charge in [0.1, 0.15) is 11.3 Å². The average molecular weight is 467 g/mol. The molecule has 4 rings (SSSR count). The van der Waals surface area contributed by atoms with Gasteiger partial charge in [-0.2, -0.15) is 0 Å². The molecule has 2 heterocycles. The minimum absolute atomic E-state index is 0.0891. The van der Waals surface area contributed by atoms with E-state index < -0.39 is 5.97 Å². The van der Waals surface area contributed by atoms with E-state index in [-0.39, 0.29) is 16.5 Å². The highest BCUT2D eigenvalue weighted by Gasteiger charge is 2.51. The minimum atomic E-state index is -0.584. The molecular formula is C28H38N2O4. The van der Waals surface area contributed by atoms with E-state index in [2.05, 4.69) is 49.7 Å². The molecule has 4 unspecified atom stereocenters. The molecule has 0 radical (unpaired) electrons. The summed E-state index contributed by atoms with van der Waals surface area (Å²) in [5.74, 6) is 1.27. The van der Waals surface area contributed by atoms with Crippen molar-refractivity contribution in [2.75, 3.05) is 27.3 Å². The monoisotopic (exact) mass is 466 g/mol. The average Bonchev–Trinajstić information content (AvgIpc) is 2.84. The summed E-state index contributed by atoms with van der Waals surface area (Å²) in [7, 11) is 3.02. The van der Waals surface area contributed by atoms with E-state index in [9.17, 15) is 9.59 Å². The molecule has 2 aromatic rings. The smallest absolute Gasteiger partial charge is 0.343 e. The van der Waals surface area contributed by atoms with Crippen LogP contribution >= 0.6 is 0 Å². The molecule has 1 saturated heterocycles. The molecule has 4 atom stereocenters. The van der Waals surface area contributed by atoms with E-state index in [1.54, 1.807) is 13.2 Å². The number of H-pyrrole nitrogens is 1. The van der Waals surface area contributed by atoms with Crippen molar-refractivity contribution in [1.82, 2.24) is 9.88 Å². The van der Waals surface area contributed by atoms with Crippen LogP contribution in [0, 0.1) is 18.8 Å². The summed E-state index contributed by atoms with van der Waals surface area (Å²) >= 11 is 0. The first-order valence-electron chi connectivity index (χ1n) is 12.5. The second kappa shape index (κ2) is 9.57. The van der Waals surface area contributed by atoms with Crippen LogP contribution in [0.15, 0.2) is 29.1 Å². The molecular weight excluding hydrogens is 428 g/mol. The number of aromatic amines is 1. The summed E-state index contributed by atoms with van der Waals surface area (Å²) in [6.07, 6.45) is 3.75.